The van der Waals surface area contributed by atoms with Gasteiger partial charge in [-0.2, -0.15) is 5.10 Å². The zero-order valence-electron chi connectivity index (χ0n) is 16.5. The molecule has 2 atom stereocenters. The maximum absolute atomic E-state index is 5.98. The molecule has 7 heteroatoms. The van der Waals surface area contributed by atoms with Crippen LogP contribution in [-0.4, -0.2) is 65.7 Å². The van der Waals surface area contributed by atoms with E-state index < -0.39 is 0 Å². The molecule has 150 valence electrons. The second-order valence-electron chi connectivity index (χ2n) is 7.80. The predicted octanol–water partition coefficient (Wildman–Crippen LogP) is 2.34. The number of guanidine groups is 1. The highest BCUT2D eigenvalue weighted by molar-refractivity contribution is 5.80. The first kappa shape index (κ1) is 18.7. The Labute approximate surface area is 162 Å². The van der Waals surface area contributed by atoms with Crippen molar-refractivity contribution >= 4 is 5.96 Å². The van der Waals surface area contributed by atoms with Crippen molar-refractivity contribution in [2.75, 3.05) is 32.8 Å². The van der Waals surface area contributed by atoms with Crippen molar-refractivity contribution in [2.24, 2.45) is 4.99 Å². The molecule has 0 amide bonds. The van der Waals surface area contributed by atoms with E-state index in [0.717, 1.165) is 57.3 Å². The number of aromatic nitrogens is 2. The van der Waals surface area contributed by atoms with Gasteiger partial charge in [0.15, 0.2) is 5.96 Å². The van der Waals surface area contributed by atoms with E-state index in [1.807, 2.05) is 0 Å². The molecular formula is C20H33N5O2. The van der Waals surface area contributed by atoms with Crippen LogP contribution in [0.2, 0.25) is 0 Å². The highest BCUT2D eigenvalue weighted by Gasteiger charge is 2.32. The van der Waals surface area contributed by atoms with E-state index >= 15 is 0 Å². The Kier molecular flexibility index (Phi) is 6.29. The third-order valence-corrected chi connectivity index (χ3v) is 5.86. The third kappa shape index (κ3) is 4.63. The molecule has 1 aliphatic carbocycles. The zero-order chi connectivity index (χ0) is 18.5. The number of hydrogen-bond acceptors (Lipinski definition) is 4. The molecule has 1 saturated carbocycles. The van der Waals surface area contributed by atoms with Gasteiger partial charge in [0.2, 0.25) is 0 Å². The molecule has 1 aromatic rings. The number of nitrogens with zero attached hydrogens (tertiary/aromatic N) is 4. The van der Waals surface area contributed by atoms with Gasteiger partial charge < -0.3 is 19.7 Å². The summed E-state index contributed by atoms with van der Waals surface area (Å²) in [4.78, 5) is 7.18. The van der Waals surface area contributed by atoms with Crippen molar-refractivity contribution in [3.8, 4) is 0 Å². The Balaban J connectivity index is 1.38. The lowest BCUT2D eigenvalue weighted by Gasteiger charge is -2.37. The van der Waals surface area contributed by atoms with Crippen LogP contribution in [0.15, 0.2) is 17.3 Å². The topological polar surface area (TPSA) is 63.9 Å². The van der Waals surface area contributed by atoms with Crippen LogP contribution in [0.4, 0.5) is 0 Å². The summed E-state index contributed by atoms with van der Waals surface area (Å²) in [5.41, 5.74) is 1.04. The van der Waals surface area contributed by atoms with Gasteiger partial charge in [-0.3, -0.25) is 4.68 Å². The molecule has 4 rings (SSSR count). The second kappa shape index (κ2) is 9.06. The molecule has 3 heterocycles. The van der Waals surface area contributed by atoms with Crippen LogP contribution in [0.1, 0.15) is 57.2 Å². The molecule has 2 saturated heterocycles. The van der Waals surface area contributed by atoms with Crippen LogP contribution in [0, 0.1) is 0 Å². The highest BCUT2D eigenvalue weighted by Crippen LogP contribution is 2.28. The first-order valence-corrected chi connectivity index (χ1v) is 10.6. The first-order valence-electron chi connectivity index (χ1n) is 10.6. The zero-order valence-corrected chi connectivity index (χ0v) is 16.5. The van der Waals surface area contributed by atoms with Gasteiger partial charge in [0.25, 0.3) is 0 Å². The quantitative estimate of drug-likeness (QED) is 0.632. The molecule has 0 radical (unpaired) electrons. The third-order valence-electron chi connectivity index (χ3n) is 5.86. The minimum atomic E-state index is 0.145. The smallest absolute Gasteiger partial charge is 0.194 e. The summed E-state index contributed by atoms with van der Waals surface area (Å²) in [5.74, 6) is 0.958. The van der Waals surface area contributed by atoms with Crippen LogP contribution in [0.25, 0.3) is 0 Å². The normalized spacial score (nSPS) is 27.4. The Morgan fingerprint density at radius 1 is 1.19 bits per heavy atom. The molecule has 0 spiro atoms. The minimum absolute atomic E-state index is 0.145. The van der Waals surface area contributed by atoms with Crippen LogP contribution < -0.4 is 5.32 Å². The molecule has 2 unspecified atom stereocenters. The van der Waals surface area contributed by atoms with Crippen molar-refractivity contribution in [1.29, 1.82) is 0 Å². The van der Waals surface area contributed by atoms with Crippen molar-refractivity contribution < 1.29 is 9.47 Å². The van der Waals surface area contributed by atoms with Crippen molar-refractivity contribution in [3.63, 3.8) is 0 Å². The molecule has 3 fully saturated rings. The number of hydrogen-bond donors (Lipinski definition) is 1. The molecule has 1 N–H and O–H groups in total. The van der Waals surface area contributed by atoms with Gasteiger partial charge in [-0.1, -0.05) is 12.8 Å². The molecule has 2 aliphatic heterocycles. The van der Waals surface area contributed by atoms with E-state index in [4.69, 9.17) is 19.6 Å². The van der Waals surface area contributed by atoms with Crippen LogP contribution >= 0.6 is 0 Å². The summed E-state index contributed by atoms with van der Waals surface area (Å²) >= 11 is 0. The number of nitrogens with one attached hydrogen (secondary N) is 1. The lowest BCUT2D eigenvalue weighted by atomic mass is 10.1. The van der Waals surface area contributed by atoms with Crippen LogP contribution in [0.5, 0.6) is 0 Å². The SMILES string of the molecule is CCNC(=NCc1ccn(C2CCCC2)n1)N1CCOC(C2CCCO2)C1. The van der Waals surface area contributed by atoms with Gasteiger partial charge in [0.1, 0.15) is 6.10 Å². The van der Waals surface area contributed by atoms with Gasteiger partial charge in [-0.25, -0.2) is 4.99 Å². The Morgan fingerprint density at radius 2 is 2.04 bits per heavy atom. The van der Waals surface area contributed by atoms with E-state index in [9.17, 15) is 0 Å². The summed E-state index contributed by atoms with van der Waals surface area (Å²) in [6, 6.07) is 2.70. The van der Waals surface area contributed by atoms with Gasteiger partial charge in [-0.05, 0) is 38.7 Å². The van der Waals surface area contributed by atoms with E-state index in [0.29, 0.717) is 12.6 Å². The number of ether oxygens (including phenoxy) is 2. The molecule has 1 aromatic heterocycles. The Hall–Kier alpha value is -1.60. The molecule has 0 bridgehead atoms. The minimum Gasteiger partial charge on any atom is -0.375 e. The lowest BCUT2D eigenvalue weighted by molar-refractivity contribution is -0.0817. The number of morpholine rings is 1. The number of rotatable bonds is 5. The van der Waals surface area contributed by atoms with Crippen molar-refractivity contribution in [1.82, 2.24) is 20.0 Å². The van der Waals surface area contributed by atoms with E-state index in [1.165, 1.54) is 25.7 Å². The molecular weight excluding hydrogens is 342 g/mol. The summed E-state index contributed by atoms with van der Waals surface area (Å²) in [5, 5.41) is 8.21. The summed E-state index contributed by atoms with van der Waals surface area (Å²) in [6.45, 7) is 6.88. The summed E-state index contributed by atoms with van der Waals surface area (Å²) in [7, 11) is 0. The fraction of sp³-hybridized carbons (Fsp3) is 0.800. The van der Waals surface area contributed by atoms with Gasteiger partial charge in [0.05, 0.1) is 31.0 Å². The molecule has 3 aliphatic rings. The van der Waals surface area contributed by atoms with E-state index in [2.05, 4.69) is 34.1 Å². The molecule has 27 heavy (non-hydrogen) atoms. The van der Waals surface area contributed by atoms with Crippen LogP contribution in [0.3, 0.4) is 0 Å². The van der Waals surface area contributed by atoms with E-state index in [1.54, 1.807) is 0 Å². The maximum atomic E-state index is 5.98. The highest BCUT2D eigenvalue weighted by atomic mass is 16.5. The van der Waals surface area contributed by atoms with E-state index in [-0.39, 0.29) is 12.2 Å². The lowest BCUT2D eigenvalue weighted by Crippen LogP contribution is -2.53. The van der Waals surface area contributed by atoms with Gasteiger partial charge in [0, 0.05) is 32.4 Å². The van der Waals surface area contributed by atoms with Crippen LogP contribution in [-0.2, 0) is 16.0 Å². The average molecular weight is 376 g/mol. The number of aliphatic imine (C=N–C) groups is 1. The first-order chi connectivity index (χ1) is 13.3. The predicted molar refractivity (Wildman–Crippen MR) is 105 cm³/mol. The average Bonchev–Trinajstić information content (AvgIpc) is 3.47. The van der Waals surface area contributed by atoms with Crippen molar-refractivity contribution in [2.45, 2.75) is 70.2 Å². The Morgan fingerprint density at radius 3 is 2.81 bits per heavy atom. The monoisotopic (exact) mass is 375 g/mol. The standard InChI is InChI=1S/C20H33N5O2/c1-2-21-20(24-11-13-27-19(15-24)18-8-5-12-26-18)22-14-16-9-10-25(23-16)17-6-3-4-7-17/h9-10,17-19H,2-8,11-15H2,1H3,(H,21,22). The summed E-state index contributed by atoms with van der Waals surface area (Å²) < 4.78 is 14.0. The fourth-order valence-corrected chi connectivity index (χ4v) is 4.40. The maximum Gasteiger partial charge on any atom is 0.194 e. The largest absolute Gasteiger partial charge is 0.375 e. The van der Waals surface area contributed by atoms with Gasteiger partial charge >= 0.3 is 0 Å². The fourth-order valence-electron chi connectivity index (χ4n) is 4.40. The Bertz CT molecular complexity index is 620. The summed E-state index contributed by atoms with van der Waals surface area (Å²) in [6.07, 6.45) is 9.90. The second-order valence-corrected chi connectivity index (χ2v) is 7.80. The molecule has 0 aromatic carbocycles. The van der Waals surface area contributed by atoms with Crippen molar-refractivity contribution in [3.05, 3.63) is 18.0 Å². The molecule has 7 nitrogen and oxygen atoms in total. The van der Waals surface area contributed by atoms with Gasteiger partial charge in [-0.15, -0.1) is 0 Å².